The van der Waals surface area contributed by atoms with E-state index >= 15 is 0 Å². The number of aryl methyl sites for hydroxylation is 2. The zero-order valence-electron chi connectivity index (χ0n) is 14.1. The highest BCUT2D eigenvalue weighted by Gasteiger charge is 2.02. The third-order valence-electron chi connectivity index (χ3n) is 4.47. The average Bonchev–Trinajstić information content (AvgIpc) is 3.07. The summed E-state index contributed by atoms with van der Waals surface area (Å²) in [6.45, 7) is 0. The van der Waals surface area contributed by atoms with E-state index in [9.17, 15) is 4.79 Å². The van der Waals surface area contributed by atoms with Crippen LogP contribution in [0.4, 0.5) is 0 Å². The van der Waals surface area contributed by atoms with Gasteiger partial charge in [-0.05, 0) is 66.0 Å². The van der Waals surface area contributed by atoms with Crippen LogP contribution < -0.4 is 5.32 Å². The lowest BCUT2D eigenvalue weighted by Gasteiger charge is -2.05. The molecular formula is C21H24N2O. The molecule has 0 aliphatic heterocycles. The van der Waals surface area contributed by atoms with Crippen molar-refractivity contribution < 1.29 is 4.79 Å². The maximum atomic E-state index is 11.4. The zero-order valence-corrected chi connectivity index (χ0v) is 14.1. The molecule has 1 heterocycles. The van der Waals surface area contributed by atoms with E-state index < -0.39 is 0 Å². The summed E-state index contributed by atoms with van der Waals surface area (Å²) in [4.78, 5) is 14.6. The van der Waals surface area contributed by atoms with Gasteiger partial charge in [0.05, 0.1) is 6.42 Å². The van der Waals surface area contributed by atoms with Crippen LogP contribution in [0.1, 0.15) is 29.5 Å². The van der Waals surface area contributed by atoms with E-state index in [0.717, 1.165) is 18.4 Å². The summed E-state index contributed by atoms with van der Waals surface area (Å²) in [5, 5.41) is 3.94. The van der Waals surface area contributed by atoms with Crippen molar-refractivity contribution in [3.8, 4) is 0 Å². The number of unbranched alkanes of at least 4 members (excludes halogenated alkanes) is 1. The quantitative estimate of drug-likeness (QED) is 0.635. The Morgan fingerprint density at radius 3 is 2.33 bits per heavy atom. The molecule has 0 bridgehead atoms. The lowest BCUT2D eigenvalue weighted by atomic mass is 10.0. The first-order valence-electron chi connectivity index (χ1n) is 8.59. The normalized spacial score (nSPS) is 10.9. The molecule has 3 rings (SSSR count). The van der Waals surface area contributed by atoms with Gasteiger partial charge in [0.1, 0.15) is 0 Å². The van der Waals surface area contributed by atoms with Crippen LogP contribution in [0.15, 0.2) is 54.7 Å². The Labute approximate surface area is 143 Å². The summed E-state index contributed by atoms with van der Waals surface area (Å²) in [5.41, 5.74) is 5.02. The fourth-order valence-corrected chi connectivity index (χ4v) is 3.01. The van der Waals surface area contributed by atoms with Gasteiger partial charge in [-0.2, -0.15) is 0 Å². The van der Waals surface area contributed by atoms with Crippen molar-refractivity contribution in [2.24, 2.45) is 0 Å². The number of rotatable bonds is 7. The van der Waals surface area contributed by atoms with Crippen molar-refractivity contribution in [1.29, 1.82) is 0 Å². The van der Waals surface area contributed by atoms with E-state index in [2.05, 4.69) is 58.8 Å². The van der Waals surface area contributed by atoms with E-state index in [0.29, 0.717) is 6.42 Å². The number of hydrogen-bond donors (Lipinski definition) is 2. The first kappa shape index (κ1) is 16.3. The summed E-state index contributed by atoms with van der Waals surface area (Å²) in [6, 6.07) is 17.2. The van der Waals surface area contributed by atoms with Crippen LogP contribution in [0.5, 0.6) is 0 Å². The second-order valence-corrected chi connectivity index (χ2v) is 6.27. The predicted molar refractivity (Wildman–Crippen MR) is 99.2 cm³/mol. The Kier molecular flexibility index (Phi) is 5.32. The smallest absolute Gasteiger partial charge is 0.224 e. The van der Waals surface area contributed by atoms with E-state index in [1.807, 2.05) is 6.20 Å². The van der Waals surface area contributed by atoms with E-state index in [4.69, 9.17) is 0 Å². The van der Waals surface area contributed by atoms with Gasteiger partial charge in [-0.25, -0.2) is 0 Å². The number of fused-ring (bicyclic) bond motifs is 1. The van der Waals surface area contributed by atoms with Crippen LogP contribution >= 0.6 is 0 Å². The van der Waals surface area contributed by atoms with Crippen LogP contribution in [0.25, 0.3) is 10.9 Å². The molecule has 0 fully saturated rings. The van der Waals surface area contributed by atoms with Gasteiger partial charge in [0.15, 0.2) is 0 Å². The Bertz CT molecular complexity index is 802. The Balaban J connectivity index is 1.45. The molecule has 124 valence electrons. The maximum absolute atomic E-state index is 11.4. The molecule has 3 heteroatoms. The topological polar surface area (TPSA) is 44.9 Å². The van der Waals surface area contributed by atoms with Crippen molar-refractivity contribution in [3.63, 3.8) is 0 Å². The number of aromatic amines is 1. The molecule has 0 aliphatic rings. The second-order valence-electron chi connectivity index (χ2n) is 6.27. The number of likely N-dealkylation sites (N-methyl/N-ethyl adjacent to an activating group) is 1. The molecule has 0 atom stereocenters. The van der Waals surface area contributed by atoms with Gasteiger partial charge in [0.2, 0.25) is 5.91 Å². The summed E-state index contributed by atoms with van der Waals surface area (Å²) in [5.74, 6) is 0.0575. The first-order valence-corrected chi connectivity index (χ1v) is 8.59. The maximum Gasteiger partial charge on any atom is 0.224 e. The molecule has 1 amide bonds. The molecule has 0 saturated heterocycles. The summed E-state index contributed by atoms with van der Waals surface area (Å²) in [7, 11) is 1.67. The van der Waals surface area contributed by atoms with E-state index in [1.165, 1.54) is 34.9 Å². The van der Waals surface area contributed by atoms with E-state index in [1.54, 1.807) is 7.05 Å². The second kappa shape index (κ2) is 7.82. The lowest BCUT2D eigenvalue weighted by Crippen LogP contribution is -2.19. The zero-order chi connectivity index (χ0) is 16.8. The number of nitrogens with one attached hydrogen (secondary N) is 2. The molecule has 3 aromatic rings. The van der Waals surface area contributed by atoms with Crippen LogP contribution in [0.3, 0.4) is 0 Å². The number of carbonyl (C=O) groups excluding carboxylic acids is 1. The highest BCUT2D eigenvalue weighted by molar-refractivity contribution is 5.80. The fraction of sp³-hybridized carbons (Fsp3) is 0.286. The van der Waals surface area contributed by atoms with Gasteiger partial charge in [-0.15, -0.1) is 0 Å². The van der Waals surface area contributed by atoms with Crippen LogP contribution in [-0.2, 0) is 24.1 Å². The van der Waals surface area contributed by atoms with Gasteiger partial charge in [-0.1, -0.05) is 30.3 Å². The monoisotopic (exact) mass is 320 g/mol. The number of benzene rings is 2. The average molecular weight is 320 g/mol. The largest absolute Gasteiger partial charge is 0.361 e. The third kappa shape index (κ3) is 4.25. The van der Waals surface area contributed by atoms with Crippen molar-refractivity contribution in [3.05, 3.63) is 71.4 Å². The number of carbonyl (C=O) groups is 1. The Morgan fingerprint density at radius 2 is 1.58 bits per heavy atom. The molecule has 24 heavy (non-hydrogen) atoms. The summed E-state index contributed by atoms with van der Waals surface area (Å²) >= 11 is 0. The molecule has 2 aromatic carbocycles. The predicted octanol–water partition coefficient (Wildman–Crippen LogP) is 4.02. The highest BCUT2D eigenvalue weighted by Crippen LogP contribution is 2.16. The fourth-order valence-electron chi connectivity index (χ4n) is 3.01. The molecule has 3 nitrogen and oxygen atoms in total. The van der Waals surface area contributed by atoms with Crippen LogP contribution in [0, 0.1) is 0 Å². The number of aromatic nitrogens is 1. The Hall–Kier alpha value is -2.55. The molecule has 0 radical (unpaired) electrons. The van der Waals surface area contributed by atoms with Gasteiger partial charge in [-0.3, -0.25) is 4.79 Å². The number of H-pyrrole nitrogens is 1. The molecule has 0 saturated carbocycles. The number of hydrogen-bond acceptors (Lipinski definition) is 1. The minimum Gasteiger partial charge on any atom is -0.361 e. The van der Waals surface area contributed by atoms with Gasteiger partial charge in [0.25, 0.3) is 0 Å². The highest BCUT2D eigenvalue weighted by atomic mass is 16.1. The van der Waals surface area contributed by atoms with Gasteiger partial charge < -0.3 is 10.3 Å². The molecule has 0 spiro atoms. The van der Waals surface area contributed by atoms with Crippen molar-refractivity contribution in [2.75, 3.05) is 7.05 Å². The standard InChI is InChI=1S/C21H24N2O/c1-22-21(24)15-18-8-6-16(7-9-18)4-2-3-5-17-10-11-20-19(14-17)12-13-23-20/h6-14,23H,2-5,15H2,1H3,(H,22,24). The third-order valence-corrected chi connectivity index (χ3v) is 4.47. The first-order chi connectivity index (χ1) is 11.7. The minimum absolute atomic E-state index is 0.0575. The SMILES string of the molecule is CNC(=O)Cc1ccc(CCCCc2ccc3[nH]ccc3c2)cc1. The molecule has 1 aromatic heterocycles. The summed E-state index contributed by atoms with van der Waals surface area (Å²) < 4.78 is 0. The number of amides is 1. The minimum atomic E-state index is 0.0575. The van der Waals surface area contributed by atoms with Crippen LogP contribution in [-0.4, -0.2) is 17.9 Å². The molecule has 0 unspecified atom stereocenters. The molecule has 2 N–H and O–H groups in total. The summed E-state index contributed by atoms with van der Waals surface area (Å²) in [6.07, 6.45) is 7.03. The van der Waals surface area contributed by atoms with Crippen LogP contribution in [0.2, 0.25) is 0 Å². The van der Waals surface area contributed by atoms with Crippen molar-refractivity contribution >= 4 is 16.8 Å². The molecular weight excluding hydrogens is 296 g/mol. The van der Waals surface area contributed by atoms with Gasteiger partial charge in [0, 0.05) is 18.8 Å². The van der Waals surface area contributed by atoms with Crippen molar-refractivity contribution in [1.82, 2.24) is 10.3 Å². The Morgan fingerprint density at radius 1 is 0.917 bits per heavy atom. The molecule has 0 aliphatic carbocycles. The lowest BCUT2D eigenvalue weighted by molar-refractivity contribution is -0.119. The van der Waals surface area contributed by atoms with Crippen molar-refractivity contribution in [2.45, 2.75) is 32.1 Å². The van der Waals surface area contributed by atoms with E-state index in [-0.39, 0.29) is 5.91 Å². The van der Waals surface area contributed by atoms with Gasteiger partial charge >= 0.3 is 0 Å².